The number of aromatic nitrogens is 7. The molecule has 7 heteroatoms. The molecule has 0 unspecified atom stereocenters. The van der Waals surface area contributed by atoms with Crippen molar-refractivity contribution in [2.24, 2.45) is 7.05 Å². The van der Waals surface area contributed by atoms with Crippen LogP contribution in [0.4, 0.5) is 0 Å². The van der Waals surface area contributed by atoms with Crippen LogP contribution in [0.5, 0.6) is 0 Å². The van der Waals surface area contributed by atoms with Gasteiger partial charge in [0.15, 0.2) is 0 Å². The Morgan fingerprint density at radius 3 is 2.88 bits per heavy atom. The first-order valence-electron chi connectivity index (χ1n) is 8.28. The lowest BCUT2D eigenvalue weighted by Crippen LogP contribution is -2.03. The van der Waals surface area contributed by atoms with Crippen LogP contribution in [0.3, 0.4) is 0 Å². The van der Waals surface area contributed by atoms with Crippen LogP contribution in [0.15, 0.2) is 43.0 Å². The monoisotopic (exact) mass is 341 g/mol. The van der Waals surface area contributed by atoms with Gasteiger partial charge >= 0.3 is 0 Å². The summed E-state index contributed by atoms with van der Waals surface area (Å²) in [6.07, 6.45) is 6.16. The largest absolute Gasteiger partial charge is 0.299 e. The van der Waals surface area contributed by atoms with Gasteiger partial charge in [0.05, 0.1) is 29.0 Å². The molecule has 0 spiro atoms. The Bertz CT molecular complexity index is 1200. The molecule has 0 aliphatic carbocycles. The first-order valence-corrected chi connectivity index (χ1v) is 8.28. The van der Waals surface area contributed by atoms with E-state index in [1.807, 2.05) is 30.3 Å². The minimum atomic E-state index is 0.660. The summed E-state index contributed by atoms with van der Waals surface area (Å²) < 4.78 is 5.72. The molecule has 0 amide bonds. The second-order valence-corrected chi connectivity index (χ2v) is 6.34. The molecule has 4 heterocycles. The van der Waals surface area contributed by atoms with Gasteiger partial charge in [-0.1, -0.05) is 11.3 Å². The molecule has 5 rings (SSSR count). The molecule has 1 aromatic carbocycles. The fourth-order valence-electron chi connectivity index (χ4n) is 3.22. The van der Waals surface area contributed by atoms with Crippen molar-refractivity contribution in [3.8, 4) is 23.2 Å². The van der Waals surface area contributed by atoms with Crippen LogP contribution in [0.25, 0.3) is 11.4 Å². The van der Waals surface area contributed by atoms with Crippen molar-refractivity contribution in [3.63, 3.8) is 0 Å². The van der Waals surface area contributed by atoms with Crippen molar-refractivity contribution in [3.05, 3.63) is 71.3 Å². The number of hydrogen-bond donors (Lipinski definition) is 0. The summed E-state index contributed by atoms with van der Waals surface area (Å²) in [4.78, 5) is 4.54. The van der Waals surface area contributed by atoms with Crippen molar-refractivity contribution in [2.45, 2.75) is 13.3 Å². The first-order chi connectivity index (χ1) is 12.7. The van der Waals surface area contributed by atoms with E-state index in [0.29, 0.717) is 6.42 Å². The number of benzene rings is 1. The first kappa shape index (κ1) is 14.7. The van der Waals surface area contributed by atoms with Crippen LogP contribution >= 0.6 is 0 Å². The molecule has 0 bridgehead atoms. The van der Waals surface area contributed by atoms with Gasteiger partial charge < -0.3 is 0 Å². The van der Waals surface area contributed by atoms with E-state index >= 15 is 0 Å². The van der Waals surface area contributed by atoms with Crippen molar-refractivity contribution >= 4 is 0 Å². The summed E-state index contributed by atoms with van der Waals surface area (Å²) in [6, 6.07) is 8.17. The molecule has 0 saturated heterocycles. The van der Waals surface area contributed by atoms with Gasteiger partial charge in [-0.2, -0.15) is 5.10 Å². The molecule has 1 aliphatic rings. The second-order valence-electron chi connectivity index (χ2n) is 6.34. The minimum Gasteiger partial charge on any atom is -0.299 e. The Labute approximate surface area is 149 Å². The molecule has 0 N–H and O–H groups in total. The topological polar surface area (TPSA) is 66.3 Å². The lowest BCUT2D eigenvalue weighted by molar-refractivity contribution is 0.764. The number of imidazole rings is 1. The van der Waals surface area contributed by atoms with Crippen molar-refractivity contribution in [1.29, 1.82) is 0 Å². The molecule has 3 aromatic heterocycles. The Morgan fingerprint density at radius 2 is 2.04 bits per heavy atom. The maximum Gasteiger partial charge on any atom is 0.135 e. The van der Waals surface area contributed by atoms with E-state index in [2.05, 4.69) is 61.9 Å². The normalized spacial score (nSPS) is 11.8. The third-order valence-electron chi connectivity index (χ3n) is 4.48. The van der Waals surface area contributed by atoms with E-state index in [4.69, 9.17) is 0 Å². The number of nitrogens with zero attached hydrogens (tertiary/aromatic N) is 7. The highest BCUT2D eigenvalue weighted by molar-refractivity contribution is 5.58. The molecular weight excluding hydrogens is 326 g/mol. The fourth-order valence-corrected chi connectivity index (χ4v) is 3.22. The van der Waals surface area contributed by atoms with Gasteiger partial charge in [-0.3, -0.25) is 9.25 Å². The smallest absolute Gasteiger partial charge is 0.135 e. The molecule has 4 aromatic rings. The highest BCUT2D eigenvalue weighted by Gasteiger charge is 2.22. The molecule has 26 heavy (non-hydrogen) atoms. The van der Waals surface area contributed by atoms with Gasteiger partial charge in [-0.15, -0.1) is 5.10 Å². The highest BCUT2D eigenvalue weighted by atomic mass is 15.4. The molecule has 0 fully saturated rings. The lowest BCUT2D eigenvalue weighted by Gasteiger charge is -2.10. The van der Waals surface area contributed by atoms with Crippen LogP contribution < -0.4 is 0 Å². The molecule has 1 aliphatic heterocycles. The van der Waals surface area contributed by atoms with Crippen molar-refractivity contribution in [2.75, 3.05) is 0 Å². The average Bonchev–Trinajstić information content (AvgIpc) is 3.33. The van der Waals surface area contributed by atoms with Gasteiger partial charge in [0, 0.05) is 19.7 Å². The van der Waals surface area contributed by atoms with Gasteiger partial charge in [-0.25, -0.2) is 9.67 Å². The van der Waals surface area contributed by atoms with Crippen LogP contribution in [-0.2, 0) is 13.5 Å². The quantitative estimate of drug-likeness (QED) is 0.403. The van der Waals surface area contributed by atoms with E-state index in [0.717, 1.165) is 34.2 Å². The Hall–Kier alpha value is -3.66. The zero-order chi connectivity index (χ0) is 17.7. The maximum absolute atomic E-state index is 4.54. The summed E-state index contributed by atoms with van der Waals surface area (Å²) in [6.45, 7) is 2.07. The third kappa shape index (κ3) is 2.24. The van der Waals surface area contributed by atoms with Gasteiger partial charge in [0.2, 0.25) is 0 Å². The number of rotatable bonds is 0. The zero-order valence-corrected chi connectivity index (χ0v) is 14.4. The molecule has 0 radical (unpaired) electrons. The minimum absolute atomic E-state index is 0.660. The summed E-state index contributed by atoms with van der Waals surface area (Å²) in [5.41, 5.74) is 6.70. The van der Waals surface area contributed by atoms with E-state index in [-0.39, 0.29) is 0 Å². The van der Waals surface area contributed by atoms with Crippen LogP contribution in [0.1, 0.15) is 28.3 Å². The second kappa shape index (κ2) is 5.43. The van der Waals surface area contributed by atoms with Gasteiger partial charge in [0.25, 0.3) is 0 Å². The number of aryl methyl sites for hydroxylation is 2. The highest BCUT2D eigenvalue weighted by Crippen LogP contribution is 2.28. The summed E-state index contributed by atoms with van der Waals surface area (Å²) in [5.74, 6) is 6.26. The zero-order valence-electron chi connectivity index (χ0n) is 14.4. The van der Waals surface area contributed by atoms with E-state index < -0.39 is 0 Å². The van der Waals surface area contributed by atoms with Crippen LogP contribution in [-0.4, -0.2) is 34.3 Å². The molecule has 0 atom stereocenters. The molecule has 0 saturated carbocycles. The lowest BCUT2D eigenvalue weighted by atomic mass is 10.2. The third-order valence-corrected chi connectivity index (χ3v) is 4.48. The maximum atomic E-state index is 4.54. The number of hydrogen-bond acceptors (Lipinski definition) is 4. The standard InChI is InChI=1S/C19H15N7/c1-13-3-6-17-19(9-13)26-15(11-21-23-26)10-18-16(20-12-25(17)18)5-4-14-7-8-24(2)22-14/h3,6-9,11-12H,10H2,1-2H3. The van der Waals surface area contributed by atoms with Crippen LogP contribution in [0.2, 0.25) is 0 Å². The van der Waals surface area contributed by atoms with E-state index in [9.17, 15) is 0 Å². The summed E-state index contributed by atoms with van der Waals surface area (Å²) in [7, 11) is 1.88. The Balaban J connectivity index is 1.69. The average molecular weight is 341 g/mol. The molecular formula is C19H15N7. The van der Waals surface area contributed by atoms with Gasteiger partial charge in [-0.05, 0) is 42.5 Å². The Morgan fingerprint density at radius 1 is 1.12 bits per heavy atom. The summed E-state index contributed by atoms with van der Waals surface area (Å²) >= 11 is 0. The molecule has 126 valence electrons. The van der Waals surface area contributed by atoms with E-state index in [1.54, 1.807) is 10.9 Å². The van der Waals surface area contributed by atoms with E-state index in [1.165, 1.54) is 5.56 Å². The molecule has 7 nitrogen and oxygen atoms in total. The van der Waals surface area contributed by atoms with Gasteiger partial charge in [0.1, 0.15) is 17.7 Å². The van der Waals surface area contributed by atoms with Crippen molar-refractivity contribution < 1.29 is 0 Å². The SMILES string of the molecule is Cc1ccc2c(c1)-n1nncc1Cc1c(C#Cc3ccn(C)n3)ncn1-2. The Kier molecular flexibility index (Phi) is 3.06. The number of fused-ring (bicyclic) bond motifs is 5. The van der Waals surface area contributed by atoms with Crippen molar-refractivity contribution in [1.82, 2.24) is 34.3 Å². The summed E-state index contributed by atoms with van der Waals surface area (Å²) in [5, 5.41) is 12.7. The predicted octanol–water partition coefficient (Wildman–Crippen LogP) is 1.80. The predicted molar refractivity (Wildman–Crippen MR) is 95.2 cm³/mol. The van der Waals surface area contributed by atoms with Crippen LogP contribution in [0, 0.1) is 18.8 Å². The fraction of sp³-hybridized carbons (Fsp3) is 0.158.